The highest BCUT2D eigenvalue weighted by molar-refractivity contribution is 5.81. The van der Waals surface area contributed by atoms with Crippen LogP contribution in [0.2, 0.25) is 0 Å². The average Bonchev–Trinajstić information content (AvgIpc) is 3.17. The molecule has 1 aliphatic heterocycles. The molecule has 8 nitrogen and oxygen atoms in total. The Balaban J connectivity index is 1.50. The molecule has 0 aromatic carbocycles. The van der Waals surface area contributed by atoms with Crippen molar-refractivity contribution in [2.75, 3.05) is 19.7 Å². The van der Waals surface area contributed by atoms with Gasteiger partial charge in [-0.3, -0.25) is 14.6 Å². The Labute approximate surface area is 151 Å². The van der Waals surface area contributed by atoms with E-state index in [0.29, 0.717) is 31.4 Å². The van der Waals surface area contributed by atoms with Crippen LogP contribution in [0, 0.1) is 0 Å². The van der Waals surface area contributed by atoms with E-state index in [1.165, 1.54) is 0 Å². The van der Waals surface area contributed by atoms with E-state index in [2.05, 4.69) is 15.1 Å². The van der Waals surface area contributed by atoms with Crippen molar-refractivity contribution in [1.82, 2.24) is 20.0 Å². The van der Waals surface area contributed by atoms with Gasteiger partial charge in [0.15, 0.2) is 0 Å². The third-order valence-corrected chi connectivity index (χ3v) is 4.41. The van der Waals surface area contributed by atoms with Crippen LogP contribution in [-0.4, -0.2) is 51.6 Å². The predicted molar refractivity (Wildman–Crippen MR) is 92.0 cm³/mol. The number of carbonyl (C=O) groups excluding carboxylic acids is 2. The Morgan fingerprint density at radius 3 is 2.81 bits per heavy atom. The first-order chi connectivity index (χ1) is 12.7. The fourth-order valence-electron chi connectivity index (χ4n) is 2.99. The van der Waals surface area contributed by atoms with Crippen LogP contribution >= 0.6 is 0 Å². The van der Waals surface area contributed by atoms with Gasteiger partial charge < -0.3 is 14.2 Å². The molecule has 2 aromatic rings. The molecule has 3 heterocycles. The Morgan fingerprint density at radius 1 is 1.31 bits per heavy atom. The average molecular weight is 358 g/mol. The van der Waals surface area contributed by atoms with Crippen molar-refractivity contribution in [3.8, 4) is 11.4 Å². The maximum Gasteiger partial charge on any atom is 0.306 e. The molecule has 0 spiro atoms. The Bertz CT molecular complexity index is 739. The smallest absolute Gasteiger partial charge is 0.306 e. The van der Waals surface area contributed by atoms with Crippen LogP contribution in [0.25, 0.3) is 11.4 Å². The van der Waals surface area contributed by atoms with Gasteiger partial charge in [-0.05, 0) is 31.9 Å². The number of pyridine rings is 1. The predicted octanol–water partition coefficient (Wildman–Crippen LogP) is 2.18. The first kappa shape index (κ1) is 18.0. The van der Waals surface area contributed by atoms with Gasteiger partial charge in [0.25, 0.3) is 0 Å². The highest BCUT2D eigenvalue weighted by atomic mass is 16.5. The number of esters is 1. The molecule has 138 valence electrons. The summed E-state index contributed by atoms with van der Waals surface area (Å²) in [7, 11) is 0. The fraction of sp³-hybridized carbons (Fsp3) is 0.500. The minimum Gasteiger partial charge on any atom is -0.466 e. The van der Waals surface area contributed by atoms with Crippen molar-refractivity contribution >= 4 is 11.9 Å². The standard InChI is InChI=1S/C18H22N4O4/c1-2-25-16(24)6-5-15(23)22-10-7-13(8-11-22)18-20-17(21-26-18)14-4-3-9-19-12-14/h3-4,9,12-13H,2,5-8,10-11H2,1H3. The first-order valence-corrected chi connectivity index (χ1v) is 8.84. The van der Waals surface area contributed by atoms with Crippen LogP contribution < -0.4 is 0 Å². The van der Waals surface area contributed by atoms with Crippen molar-refractivity contribution < 1.29 is 18.8 Å². The number of rotatable bonds is 6. The molecule has 0 aliphatic carbocycles. The number of hydrogen-bond acceptors (Lipinski definition) is 7. The molecule has 26 heavy (non-hydrogen) atoms. The Kier molecular flexibility index (Phi) is 5.93. The second-order valence-electron chi connectivity index (χ2n) is 6.16. The number of piperidine rings is 1. The van der Waals surface area contributed by atoms with Crippen LogP contribution in [-0.2, 0) is 14.3 Å². The number of amides is 1. The van der Waals surface area contributed by atoms with Crippen LogP contribution in [0.4, 0.5) is 0 Å². The van der Waals surface area contributed by atoms with Crippen LogP contribution in [0.1, 0.15) is 44.4 Å². The third-order valence-electron chi connectivity index (χ3n) is 4.41. The summed E-state index contributed by atoms with van der Waals surface area (Å²) in [4.78, 5) is 33.9. The maximum absolute atomic E-state index is 12.2. The summed E-state index contributed by atoms with van der Waals surface area (Å²) in [6.45, 7) is 3.33. The zero-order chi connectivity index (χ0) is 18.4. The van der Waals surface area contributed by atoms with E-state index in [1.807, 2.05) is 12.1 Å². The molecule has 1 amide bonds. The van der Waals surface area contributed by atoms with Crippen LogP contribution in [0.15, 0.2) is 29.0 Å². The van der Waals surface area contributed by atoms with Gasteiger partial charge in [-0.2, -0.15) is 4.98 Å². The van der Waals surface area contributed by atoms with Crippen molar-refractivity contribution in [3.05, 3.63) is 30.4 Å². The van der Waals surface area contributed by atoms with Gasteiger partial charge in [0.2, 0.25) is 17.6 Å². The maximum atomic E-state index is 12.2. The molecule has 0 bridgehead atoms. The van der Waals surface area contributed by atoms with Gasteiger partial charge in [-0.25, -0.2) is 0 Å². The minimum absolute atomic E-state index is 0.0157. The van der Waals surface area contributed by atoms with E-state index in [0.717, 1.165) is 18.4 Å². The van der Waals surface area contributed by atoms with E-state index in [1.54, 1.807) is 24.2 Å². The molecule has 0 N–H and O–H groups in total. The van der Waals surface area contributed by atoms with Gasteiger partial charge >= 0.3 is 5.97 Å². The molecule has 2 aromatic heterocycles. The van der Waals surface area contributed by atoms with Crippen molar-refractivity contribution in [2.45, 2.75) is 38.5 Å². The van der Waals surface area contributed by atoms with Crippen molar-refractivity contribution in [3.63, 3.8) is 0 Å². The molecule has 0 atom stereocenters. The highest BCUT2D eigenvalue weighted by Crippen LogP contribution is 2.28. The zero-order valence-electron chi connectivity index (χ0n) is 14.8. The number of ether oxygens (including phenoxy) is 1. The Hall–Kier alpha value is -2.77. The topological polar surface area (TPSA) is 98.4 Å². The molecule has 0 unspecified atom stereocenters. The van der Waals surface area contributed by atoms with Crippen LogP contribution in [0.3, 0.4) is 0 Å². The fourth-order valence-corrected chi connectivity index (χ4v) is 2.99. The largest absolute Gasteiger partial charge is 0.466 e. The quantitative estimate of drug-likeness (QED) is 0.730. The first-order valence-electron chi connectivity index (χ1n) is 8.84. The molecule has 1 saturated heterocycles. The van der Waals surface area contributed by atoms with Gasteiger partial charge in [-0.15, -0.1) is 0 Å². The second kappa shape index (κ2) is 8.55. The monoisotopic (exact) mass is 358 g/mol. The summed E-state index contributed by atoms with van der Waals surface area (Å²) in [5.74, 6) is 0.924. The Morgan fingerprint density at radius 2 is 2.12 bits per heavy atom. The summed E-state index contributed by atoms with van der Waals surface area (Å²) >= 11 is 0. The molecular weight excluding hydrogens is 336 g/mol. The summed E-state index contributed by atoms with van der Waals surface area (Å²) in [5, 5.41) is 4.02. The molecule has 1 aliphatic rings. The van der Waals surface area contributed by atoms with Crippen molar-refractivity contribution in [1.29, 1.82) is 0 Å². The number of hydrogen-bond donors (Lipinski definition) is 0. The lowest BCUT2D eigenvalue weighted by Crippen LogP contribution is -2.38. The van der Waals surface area contributed by atoms with E-state index in [-0.39, 0.29) is 30.6 Å². The summed E-state index contributed by atoms with van der Waals surface area (Å²) < 4.78 is 10.3. The number of nitrogens with zero attached hydrogens (tertiary/aromatic N) is 4. The van der Waals surface area contributed by atoms with Gasteiger partial charge in [0.05, 0.1) is 13.0 Å². The zero-order valence-corrected chi connectivity index (χ0v) is 14.8. The van der Waals surface area contributed by atoms with Gasteiger partial charge in [0, 0.05) is 43.4 Å². The molecular formula is C18H22N4O4. The lowest BCUT2D eigenvalue weighted by atomic mass is 9.96. The molecule has 8 heteroatoms. The van der Waals surface area contributed by atoms with Gasteiger partial charge in [-0.1, -0.05) is 5.16 Å². The number of carbonyl (C=O) groups is 2. The van der Waals surface area contributed by atoms with Crippen LogP contribution in [0.5, 0.6) is 0 Å². The van der Waals surface area contributed by atoms with E-state index in [4.69, 9.17) is 9.26 Å². The number of aromatic nitrogens is 3. The lowest BCUT2D eigenvalue weighted by molar-refractivity contribution is -0.145. The molecule has 0 radical (unpaired) electrons. The van der Waals surface area contributed by atoms with Crippen molar-refractivity contribution in [2.24, 2.45) is 0 Å². The third kappa shape index (κ3) is 4.44. The van der Waals surface area contributed by atoms with E-state index >= 15 is 0 Å². The van der Waals surface area contributed by atoms with E-state index < -0.39 is 0 Å². The lowest BCUT2D eigenvalue weighted by Gasteiger charge is -2.30. The summed E-state index contributed by atoms with van der Waals surface area (Å²) in [5.41, 5.74) is 0.814. The second-order valence-corrected chi connectivity index (χ2v) is 6.16. The SMILES string of the molecule is CCOC(=O)CCC(=O)N1CCC(c2nc(-c3cccnc3)no2)CC1. The highest BCUT2D eigenvalue weighted by Gasteiger charge is 2.27. The number of likely N-dealkylation sites (tertiary alicyclic amines) is 1. The van der Waals surface area contributed by atoms with Gasteiger partial charge in [0.1, 0.15) is 0 Å². The summed E-state index contributed by atoms with van der Waals surface area (Å²) in [6.07, 6.45) is 5.23. The molecule has 3 rings (SSSR count). The molecule has 1 fully saturated rings. The minimum atomic E-state index is -0.329. The summed E-state index contributed by atoms with van der Waals surface area (Å²) in [6, 6.07) is 3.71. The normalized spacial score (nSPS) is 15.0. The van der Waals surface area contributed by atoms with E-state index in [9.17, 15) is 9.59 Å². The molecule has 0 saturated carbocycles.